The van der Waals surface area contributed by atoms with Crippen molar-refractivity contribution in [2.45, 2.75) is 38.7 Å². The Labute approximate surface area is 192 Å². The molecule has 2 unspecified atom stereocenters. The number of rotatable bonds is 10. The van der Waals surface area contributed by atoms with Crippen molar-refractivity contribution >= 4 is 11.9 Å². The first-order valence-electron chi connectivity index (χ1n) is 10.5. The largest absolute Gasteiger partial charge is 0.479 e. The summed E-state index contributed by atoms with van der Waals surface area (Å²) in [5.74, 6) is -1.35. The number of carboxylic acid groups (broad SMARTS) is 1. The van der Waals surface area contributed by atoms with E-state index in [0.29, 0.717) is 29.2 Å². The first-order valence-corrected chi connectivity index (χ1v) is 10.5. The number of aryl methyl sites for hydroxylation is 1. The molecule has 0 spiro atoms. The monoisotopic (exact) mass is 452 g/mol. The van der Waals surface area contributed by atoms with Crippen LogP contribution < -0.4 is 5.32 Å². The van der Waals surface area contributed by atoms with Crippen molar-refractivity contribution in [3.8, 4) is 11.4 Å². The molecule has 0 radical (unpaired) electrons. The maximum atomic E-state index is 12.7. The number of nitrogens with zero attached hydrogens (tertiary/aromatic N) is 3. The van der Waals surface area contributed by atoms with Gasteiger partial charge >= 0.3 is 5.97 Å². The lowest BCUT2D eigenvalue weighted by Gasteiger charge is -2.25. The third-order valence-electron chi connectivity index (χ3n) is 4.99. The lowest BCUT2D eigenvalue weighted by molar-refractivity contribution is -0.165. The Morgan fingerprint density at radius 1 is 1.12 bits per heavy atom. The molecule has 0 aliphatic rings. The summed E-state index contributed by atoms with van der Waals surface area (Å²) < 4.78 is 12.5. The van der Waals surface area contributed by atoms with E-state index in [4.69, 9.17) is 9.47 Å². The summed E-state index contributed by atoms with van der Waals surface area (Å²) in [7, 11) is 3.16. The van der Waals surface area contributed by atoms with E-state index in [9.17, 15) is 14.7 Å². The maximum absolute atomic E-state index is 12.7. The van der Waals surface area contributed by atoms with Gasteiger partial charge in [-0.15, -0.1) is 0 Å². The standard InChI is InChI=1S/C24H28N4O5/c1-15(2)33-22(24(30)31)21(32-4)17-10-8-16(9-11-17)14-26-23(29)20-13-19(27-28(20)3)18-7-5-6-12-25-18/h5-13,15,21-22H,14H2,1-4H3,(H,26,29)(H,30,31). The highest BCUT2D eigenvalue weighted by Gasteiger charge is 2.31. The van der Waals surface area contributed by atoms with Gasteiger partial charge in [-0.05, 0) is 43.2 Å². The number of hydrogen-bond donors (Lipinski definition) is 2. The summed E-state index contributed by atoms with van der Waals surface area (Å²) in [6.07, 6.45) is -0.468. The quantitative estimate of drug-likeness (QED) is 0.486. The lowest BCUT2D eigenvalue weighted by atomic mass is 10.0. The van der Waals surface area contributed by atoms with Gasteiger partial charge in [0.05, 0.1) is 11.8 Å². The molecule has 2 heterocycles. The molecule has 33 heavy (non-hydrogen) atoms. The minimum absolute atomic E-state index is 0.261. The van der Waals surface area contributed by atoms with Crippen molar-refractivity contribution in [1.29, 1.82) is 0 Å². The fourth-order valence-corrected chi connectivity index (χ4v) is 3.40. The van der Waals surface area contributed by atoms with Crippen molar-refractivity contribution in [1.82, 2.24) is 20.1 Å². The lowest BCUT2D eigenvalue weighted by Crippen LogP contribution is -2.34. The van der Waals surface area contributed by atoms with E-state index in [2.05, 4.69) is 15.4 Å². The molecular formula is C24H28N4O5. The van der Waals surface area contributed by atoms with Crippen molar-refractivity contribution < 1.29 is 24.2 Å². The number of carbonyl (C=O) groups excluding carboxylic acids is 1. The molecule has 0 bridgehead atoms. The number of amides is 1. The van der Waals surface area contributed by atoms with Crippen molar-refractivity contribution in [2.24, 2.45) is 7.05 Å². The molecule has 174 valence electrons. The van der Waals surface area contributed by atoms with Gasteiger partial charge in [-0.2, -0.15) is 5.10 Å². The minimum Gasteiger partial charge on any atom is -0.479 e. The third-order valence-corrected chi connectivity index (χ3v) is 4.99. The number of hydrogen-bond acceptors (Lipinski definition) is 6. The Morgan fingerprint density at radius 3 is 2.42 bits per heavy atom. The highest BCUT2D eigenvalue weighted by Crippen LogP contribution is 2.25. The number of aliphatic carboxylic acids is 1. The van der Waals surface area contributed by atoms with E-state index in [1.807, 2.05) is 30.3 Å². The van der Waals surface area contributed by atoms with Crippen LogP contribution in [0.2, 0.25) is 0 Å². The van der Waals surface area contributed by atoms with Crippen LogP contribution in [0.4, 0.5) is 0 Å². The summed E-state index contributed by atoms with van der Waals surface area (Å²) in [6.45, 7) is 3.84. The number of benzene rings is 1. The first kappa shape index (κ1) is 24.1. The zero-order chi connectivity index (χ0) is 24.0. The van der Waals surface area contributed by atoms with Crippen LogP contribution in [0.25, 0.3) is 11.4 Å². The van der Waals surface area contributed by atoms with E-state index in [-0.39, 0.29) is 12.0 Å². The molecule has 0 saturated carbocycles. The van der Waals surface area contributed by atoms with Crippen LogP contribution in [0.3, 0.4) is 0 Å². The van der Waals surface area contributed by atoms with E-state index < -0.39 is 18.2 Å². The van der Waals surface area contributed by atoms with Gasteiger partial charge in [-0.25, -0.2) is 4.79 Å². The molecule has 0 aliphatic carbocycles. The molecule has 0 fully saturated rings. The third kappa shape index (κ3) is 6.03. The molecule has 1 aromatic carbocycles. The van der Waals surface area contributed by atoms with E-state index in [1.165, 1.54) is 11.8 Å². The predicted molar refractivity (Wildman–Crippen MR) is 121 cm³/mol. The number of nitrogens with one attached hydrogen (secondary N) is 1. The fraction of sp³-hybridized carbons (Fsp3) is 0.333. The Balaban J connectivity index is 1.66. The van der Waals surface area contributed by atoms with Crippen LogP contribution >= 0.6 is 0 Å². The summed E-state index contributed by atoms with van der Waals surface area (Å²) >= 11 is 0. The molecule has 0 aliphatic heterocycles. The van der Waals surface area contributed by atoms with Crippen LogP contribution in [0.1, 0.15) is 41.6 Å². The average molecular weight is 453 g/mol. The predicted octanol–water partition coefficient (Wildman–Crippen LogP) is 2.98. The normalized spacial score (nSPS) is 13.0. The zero-order valence-electron chi connectivity index (χ0n) is 19.1. The van der Waals surface area contributed by atoms with Gasteiger partial charge in [0.1, 0.15) is 17.5 Å². The SMILES string of the molecule is COC(c1ccc(CNC(=O)c2cc(-c3ccccn3)nn2C)cc1)C(OC(C)C)C(=O)O. The van der Waals surface area contributed by atoms with Crippen LogP contribution in [0, 0.1) is 0 Å². The molecule has 3 aromatic rings. The number of methoxy groups -OCH3 is 1. The van der Waals surface area contributed by atoms with Crippen LogP contribution in [0.5, 0.6) is 0 Å². The number of pyridine rings is 1. The summed E-state index contributed by atoms with van der Waals surface area (Å²) in [6, 6.07) is 14.4. The zero-order valence-corrected chi connectivity index (χ0v) is 19.1. The van der Waals surface area contributed by atoms with E-state index in [1.54, 1.807) is 45.3 Å². The molecule has 2 aromatic heterocycles. The van der Waals surface area contributed by atoms with E-state index >= 15 is 0 Å². The molecule has 3 rings (SSSR count). The van der Waals surface area contributed by atoms with Gasteiger partial charge < -0.3 is 19.9 Å². The number of carboxylic acids is 1. The summed E-state index contributed by atoms with van der Waals surface area (Å²) in [4.78, 5) is 28.6. The first-order chi connectivity index (χ1) is 15.8. The second-order valence-electron chi connectivity index (χ2n) is 7.78. The highest BCUT2D eigenvalue weighted by molar-refractivity contribution is 5.93. The Kier molecular flexibility index (Phi) is 7.92. The maximum Gasteiger partial charge on any atom is 0.335 e. The molecule has 2 atom stereocenters. The molecule has 0 saturated heterocycles. The second-order valence-corrected chi connectivity index (χ2v) is 7.78. The van der Waals surface area contributed by atoms with Gasteiger partial charge in [0.2, 0.25) is 0 Å². The topological polar surface area (TPSA) is 116 Å². The van der Waals surface area contributed by atoms with Crippen LogP contribution in [0.15, 0.2) is 54.7 Å². The highest BCUT2D eigenvalue weighted by atomic mass is 16.6. The van der Waals surface area contributed by atoms with Gasteiger partial charge in [0, 0.05) is 26.9 Å². The second kappa shape index (κ2) is 10.8. The average Bonchev–Trinajstić information content (AvgIpc) is 3.20. The van der Waals surface area contributed by atoms with Crippen molar-refractivity contribution in [3.63, 3.8) is 0 Å². The van der Waals surface area contributed by atoms with Crippen molar-refractivity contribution in [2.75, 3.05) is 7.11 Å². The van der Waals surface area contributed by atoms with Crippen LogP contribution in [-0.4, -0.2) is 51.1 Å². The Morgan fingerprint density at radius 2 is 1.85 bits per heavy atom. The number of carbonyl (C=O) groups is 2. The van der Waals surface area contributed by atoms with Crippen molar-refractivity contribution in [3.05, 3.63) is 71.5 Å². The van der Waals surface area contributed by atoms with Crippen LogP contribution in [-0.2, 0) is 27.9 Å². The summed E-state index contributed by atoms with van der Waals surface area (Å²) in [5, 5.41) is 16.8. The van der Waals surface area contributed by atoms with E-state index in [0.717, 1.165) is 5.56 Å². The number of ether oxygens (including phenoxy) is 2. The molecule has 9 heteroatoms. The fourth-order valence-electron chi connectivity index (χ4n) is 3.40. The molecular weight excluding hydrogens is 424 g/mol. The Bertz CT molecular complexity index is 1080. The Hall–Kier alpha value is -3.56. The molecule has 2 N–H and O–H groups in total. The minimum atomic E-state index is -1.13. The van der Waals surface area contributed by atoms with Gasteiger partial charge in [0.25, 0.3) is 5.91 Å². The molecule has 1 amide bonds. The van der Waals surface area contributed by atoms with Gasteiger partial charge in [-0.1, -0.05) is 30.3 Å². The van der Waals surface area contributed by atoms with Gasteiger partial charge in [-0.3, -0.25) is 14.5 Å². The van der Waals surface area contributed by atoms with Gasteiger partial charge in [0.15, 0.2) is 6.10 Å². The smallest absolute Gasteiger partial charge is 0.335 e. The molecule has 9 nitrogen and oxygen atoms in total. The summed E-state index contributed by atoms with van der Waals surface area (Å²) in [5.41, 5.74) is 3.26. The number of aromatic nitrogens is 3.